The van der Waals surface area contributed by atoms with Crippen molar-refractivity contribution in [1.82, 2.24) is 15.3 Å². The maximum Gasteiger partial charge on any atom is 0.486 e. The minimum absolute atomic E-state index is 0.180. The van der Waals surface area contributed by atoms with Crippen LogP contribution in [-0.2, 0) is 16.3 Å². The summed E-state index contributed by atoms with van der Waals surface area (Å²) in [7, 11) is -3.33. The Kier molecular flexibility index (Phi) is 5.35. The summed E-state index contributed by atoms with van der Waals surface area (Å²) in [6.07, 6.45) is -0.937. The number of nitrogens with one attached hydrogen (secondary N) is 1. The molecule has 2 aliphatic heterocycles. The minimum Gasteiger partial charge on any atom is -0.326 e. The molecule has 3 heterocycles. The van der Waals surface area contributed by atoms with Gasteiger partial charge in [-0.2, -0.15) is 13.2 Å². The number of hydrogen-bond acceptors (Lipinski definition) is 7. The van der Waals surface area contributed by atoms with Gasteiger partial charge in [-0.1, -0.05) is 0 Å². The molecule has 1 N–H and O–H groups in total. The molecule has 0 amide bonds. The molecule has 30 heavy (non-hydrogen) atoms. The molecule has 1 fully saturated rings. The van der Waals surface area contributed by atoms with Crippen molar-refractivity contribution in [1.29, 1.82) is 0 Å². The smallest absolute Gasteiger partial charge is 0.326 e. The molecule has 0 bridgehead atoms. The van der Waals surface area contributed by atoms with Crippen LogP contribution in [0.4, 0.5) is 30.5 Å². The quantitative estimate of drug-likeness (QED) is 0.731. The topological polar surface area (TPSA) is 78.4 Å². The Hall–Kier alpha value is -2.40. The molecule has 2 aliphatic rings. The van der Waals surface area contributed by atoms with Gasteiger partial charge in [0.25, 0.3) is 0 Å². The second-order valence-electron chi connectivity index (χ2n) is 7.52. The normalized spacial score (nSPS) is 17.8. The molecular weight excluding hydrogens is 419 g/mol. The number of sulfone groups is 1. The number of halogens is 3. The van der Waals surface area contributed by atoms with E-state index in [1.807, 2.05) is 0 Å². The van der Waals surface area contributed by atoms with Crippen molar-refractivity contribution >= 4 is 27.2 Å². The standard InChI is InChI=1S/C19H22F3N5O2S/c1-30(28,29)15-2-3-16-13(10-15)6-9-26(16)17-11-18(25-12-24-17)27(19(20,21)22)14-4-7-23-8-5-14/h2-3,10-12,14,23H,4-9H2,1H3. The third kappa shape index (κ3) is 4.08. The lowest BCUT2D eigenvalue weighted by Crippen LogP contribution is -2.50. The van der Waals surface area contributed by atoms with Crippen molar-refractivity contribution in [3.8, 4) is 0 Å². The molecule has 0 radical (unpaired) electrons. The fourth-order valence-corrected chi connectivity index (χ4v) is 4.72. The van der Waals surface area contributed by atoms with E-state index in [4.69, 9.17) is 0 Å². The second-order valence-corrected chi connectivity index (χ2v) is 9.53. The molecular formula is C19H22F3N5O2S. The highest BCUT2D eigenvalue weighted by Gasteiger charge is 2.43. The molecule has 11 heteroatoms. The molecule has 162 valence electrons. The molecule has 2 aromatic rings. The Bertz CT molecular complexity index is 1040. The first-order chi connectivity index (χ1) is 14.1. The highest BCUT2D eigenvalue weighted by molar-refractivity contribution is 7.90. The van der Waals surface area contributed by atoms with Crippen molar-refractivity contribution in [2.75, 3.05) is 35.7 Å². The second kappa shape index (κ2) is 7.69. The van der Waals surface area contributed by atoms with Crippen LogP contribution < -0.4 is 15.1 Å². The van der Waals surface area contributed by atoms with E-state index in [2.05, 4.69) is 15.3 Å². The number of fused-ring (bicyclic) bond motifs is 1. The minimum atomic E-state index is -4.55. The Balaban J connectivity index is 1.67. The van der Waals surface area contributed by atoms with Gasteiger partial charge < -0.3 is 10.2 Å². The van der Waals surface area contributed by atoms with Gasteiger partial charge in [-0.05, 0) is 56.1 Å². The van der Waals surface area contributed by atoms with Gasteiger partial charge in [-0.25, -0.2) is 18.4 Å². The van der Waals surface area contributed by atoms with Gasteiger partial charge in [-0.3, -0.25) is 4.90 Å². The number of benzene rings is 1. The van der Waals surface area contributed by atoms with E-state index in [9.17, 15) is 21.6 Å². The summed E-state index contributed by atoms with van der Waals surface area (Å²) in [6.45, 7) is 1.55. The predicted molar refractivity (Wildman–Crippen MR) is 107 cm³/mol. The molecule has 0 unspecified atom stereocenters. The Morgan fingerprint density at radius 3 is 2.57 bits per heavy atom. The van der Waals surface area contributed by atoms with E-state index in [1.165, 1.54) is 12.1 Å². The SMILES string of the molecule is CS(=O)(=O)c1ccc2c(c1)CCN2c1cc(N(C2CCNCC2)C(F)(F)F)ncn1. The number of anilines is 3. The highest BCUT2D eigenvalue weighted by atomic mass is 32.2. The number of alkyl halides is 3. The number of aromatic nitrogens is 2. The molecule has 1 saturated heterocycles. The van der Waals surface area contributed by atoms with Crippen LogP contribution in [0.3, 0.4) is 0 Å². The van der Waals surface area contributed by atoms with Crippen LogP contribution in [0.25, 0.3) is 0 Å². The van der Waals surface area contributed by atoms with Crippen molar-refractivity contribution in [3.63, 3.8) is 0 Å². The van der Waals surface area contributed by atoms with Crippen molar-refractivity contribution in [2.45, 2.75) is 36.5 Å². The lowest BCUT2D eigenvalue weighted by Gasteiger charge is -2.36. The van der Waals surface area contributed by atoms with E-state index >= 15 is 0 Å². The lowest BCUT2D eigenvalue weighted by atomic mass is 10.1. The summed E-state index contributed by atoms with van der Waals surface area (Å²) in [4.78, 5) is 10.6. The van der Waals surface area contributed by atoms with E-state index in [0.29, 0.717) is 49.6 Å². The third-order valence-corrected chi connectivity index (χ3v) is 6.59. The molecule has 0 atom stereocenters. The molecule has 0 aliphatic carbocycles. The van der Waals surface area contributed by atoms with Gasteiger partial charge in [0.05, 0.1) is 4.90 Å². The number of hydrogen-bond donors (Lipinski definition) is 1. The van der Waals surface area contributed by atoms with Crippen LogP contribution >= 0.6 is 0 Å². The predicted octanol–water partition coefficient (Wildman–Crippen LogP) is 2.65. The fourth-order valence-electron chi connectivity index (χ4n) is 4.05. The van der Waals surface area contributed by atoms with E-state index in [-0.39, 0.29) is 10.7 Å². The maximum atomic E-state index is 13.9. The first-order valence-corrected chi connectivity index (χ1v) is 11.5. The van der Waals surface area contributed by atoms with E-state index in [1.54, 1.807) is 17.0 Å². The summed E-state index contributed by atoms with van der Waals surface area (Å²) >= 11 is 0. The Labute approximate surface area is 172 Å². The van der Waals surface area contributed by atoms with Crippen LogP contribution in [-0.4, -0.2) is 56.6 Å². The highest BCUT2D eigenvalue weighted by Crippen LogP contribution is 2.38. The average Bonchev–Trinajstić information content (AvgIpc) is 3.11. The fraction of sp³-hybridized carbons (Fsp3) is 0.474. The van der Waals surface area contributed by atoms with Crippen LogP contribution in [0.15, 0.2) is 35.5 Å². The summed E-state index contributed by atoms with van der Waals surface area (Å²) in [5.74, 6) is 0.176. The zero-order chi connectivity index (χ0) is 21.5. The van der Waals surface area contributed by atoms with Gasteiger partial charge >= 0.3 is 6.30 Å². The van der Waals surface area contributed by atoms with Crippen LogP contribution in [0.1, 0.15) is 18.4 Å². The zero-order valence-corrected chi connectivity index (χ0v) is 17.2. The third-order valence-electron chi connectivity index (χ3n) is 5.48. The van der Waals surface area contributed by atoms with Crippen LogP contribution in [0, 0.1) is 0 Å². The van der Waals surface area contributed by atoms with Crippen molar-refractivity contribution < 1.29 is 21.6 Å². The largest absolute Gasteiger partial charge is 0.486 e. The molecule has 1 aromatic heterocycles. The first kappa shape index (κ1) is 20.9. The van der Waals surface area contributed by atoms with Crippen molar-refractivity contribution in [2.24, 2.45) is 0 Å². The summed E-state index contributed by atoms with van der Waals surface area (Å²) < 4.78 is 65.2. The monoisotopic (exact) mass is 441 g/mol. The van der Waals surface area contributed by atoms with Crippen molar-refractivity contribution in [3.05, 3.63) is 36.2 Å². The van der Waals surface area contributed by atoms with E-state index in [0.717, 1.165) is 23.8 Å². The van der Waals surface area contributed by atoms with Gasteiger partial charge in [0.2, 0.25) is 0 Å². The summed E-state index contributed by atoms with van der Waals surface area (Å²) in [5, 5.41) is 3.08. The maximum absolute atomic E-state index is 13.9. The first-order valence-electron chi connectivity index (χ1n) is 9.64. The van der Waals surface area contributed by atoms with Gasteiger partial charge in [0.1, 0.15) is 18.0 Å². The molecule has 0 saturated carbocycles. The summed E-state index contributed by atoms with van der Waals surface area (Å²) in [5.41, 5.74) is 1.57. The molecule has 1 aromatic carbocycles. The van der Waals surface area contributed by atoms with Gasteiger partial charge in [-0.15, -0.1) is 0 Å². The average molecular weight is 441 g/mol. The summed E-state index contributed by atoms with van der Waals surface area (Å²) in [6, 6.07) is 5.47. The zero-order valence-electron chi connectivity index (χ0n) is 16.4. The van der Waals surface area contributed by atoms with Gasteiger partial charge in [0.15, 0.2) is 9.84 Å². The Morgan fingerprint density at radius 2 is 1.90 bits per heavy atom. The Morgan fingerprint density at radius 1 is 1.17 bits per heavy atom. The van der Waals surface area contributed by atoms with Crippen LogP contribution in [0.5, 0.6) is 0 Å². The number of nitrogens with zero attached hydrogens (tertiary/aromatic N) is 4. The molecule has 4 rings (SSSR count). The van der Waals surface area contributed by atoms with E-state index < -0.39 is 22.2 Å². The van der Waals surface area contributed by atoms with Gasteiger partial charge in [0, 0.05) is 30.6 Å². The van der Waals surface area contributed by atoms with Crippen LogP contribution in [0.2, 0.25) is 0 Å². The lowest BCUT2D eigenvalue weighted by molar-refractivity contribution is -0.136. The molecule has 7 nitrogen and oxygen atoms in total. The number of rotatable bonds is 4. The molecule has 0 spiro atoms. The number of piperidine rings is 1.